The fraction of sp³-hybridized carbons (Fsp3) is 0.444. The molecule has 1 aromatic carbocycles. The average Bonchev–Trinajstić information content (AvgIpc) is 3.17. The Labute approximate surface area is 153 Å². The lowest BCUT2D eigenvalue weighted by atomic mass is 10.3. The van der Waals surface area contributed by atoms with Crippen molar-refractivity contribution >= 4 is 17.7 Å². The minimum absolute atomic E-state index is 0.851. The molecule has 2 aromatic rings. The van der Waals surface area contributed by atoms with Gasteiger partial charge < -0.3 is 14.7 Å². The van der Waals surface area contributed by atoms with E-state index in [0.29, 0.717) is 0 Å². The highest BCUT2D eigenvalue weighted by molar-refractivity contribution is 7.99. The monoisotopic (exact) mass is 359 g/mol. The Balaban J connectivity index is 1.37. The van der Waals surface area contributed by atoms with Gasteiger partial charge in [-0.25, -0.2) is 0 Å². The molecule has 1 aliphatic heterocycles. The minimum atomic E-state index is 0.851. The Morgan fingerprint density at radius 3 is 2.68 bits per heavy atom. The number of nitrogens with one attached hydrogen (secondary N) is 1. The third kappa shape index (κ3) is 5.51. The Morgan fingerprint density at radius 2 is 2.00 bits per heavy atom. The number of benzene rings is 1. The summed E-state index contributed by atoms with van der Waals surface area (Å²) >= 11 is 1.86. The van der Waals surface area contributed by atoms with E-state index in [0.717, 1.165) is 56.7 Å². The number of rotatable bonds is 6. The van der Waals surface area contributed by atoms with E-state index in [4.69, 9.17) is 4.52 Å². The molecule has 0 radical (unpaired) electrons. The number of hydrogen-bond donors (Lipinski definition) is 1. The third-order valence-electron chi connectivity index (χ3n) is 4.16. The van der Waals surface area contributed by atoms with E-state index >= 15 is 0 Å². The molecule has 0 atom stereocenters. The maximum Gasteiger partial charge on any atom is 0.193 e. The fourth-order valence-corrected chi connectivity index (χ4v) is 3.64. The second-order valence-electron chi connectivity index (χ2n) is 5.89. The lowest BCUT2D eigenvalue weighted by Crippen LogP contribution is -2.52. The van der Waals surface area contributed by atoms with Crippen molar-refractivity contribution in [2.45, 2.75) is 11.4 Å². The van der Waals surface area contributed by atoms with Crippen LogP contribution in [0.15, 0.2) is 57.1 Å². The number of aliphatic imine (C=N–C) groups is 1. The van der Waals surface area contributed by atoms with Crippen molar-refractivity contribution in [2.75, 3.05) is 45.5 Å². The number of nitrogens with zero attached hydrogens (tertiary/aromatic N) is 4. The summed E-state index contributed by atoms with van der Waals surface area (Å²) in [5, 5.41) is 7.47. The molecular formula is C18H25N5OS. The van der Waals surface area contributed by atoms with E-state index in [1.807, 2.05) is 30.9 Å². The van der Waals surface area contributed by atoms with Gasteiger partial charge in [-0.1, -0.05) is 23.4 Å². The molecular weight excluding hydrogens is 334 g/mol. The van der Waals surface area contributed by atoms with E-state index in [-0.39, 0.29) is 0 Å². The quantitative estimate of drug-likeness (QED) is 0.369. The van der Waals surface area contributed by atoms with Crippen molar-refractivity contribution in [3.05, 3.63) is 48.4 Å². The molecule has 0 amide bonds. The number of hydrogen-bond acceptors (Lipinski definition) is 5. The summed E-state index contributed by atoms with van der Waals surface area (Å²) in [5.41, 5.74) is 0.994. The van der Waals surface area contributed by atoms with Crippen LogP contribution >= 0.6 is 11.8 Å². The molecule has 0 bridgehead atoms. The van der Waals surface area contributed by atoms with E-state index in [1.54, 1.807) is 6.26 Å². The second-order valence-corrected chi connectivity index (χ2v) is 7.06. The lowest BCUT2D eigenvalue weighted by molar-refractivity contribution is 0.169. The first-order chi connectivity index (χ1) is 12.3. The van der Waals surface area contributed by atoms with Gasteiger partial charge in [-0.15, -0.1) is 11.8 Å². The largest absolute Gasteiger partial charge is 0.364 e. The van der Waals surface area contributed by atoms with Crippen LogP contribution in [0.3, 0.4) is 0 Å². The zero-order valence-electron chi connectivity index (χ0n) is 14.6. The molecule has 0 saturated carbocycles. The van der Waals surface area contributed by atoms with Crippen LogP contribution in [0.5, 0.6) is 0 Å². The molecule has 0 unspecified atom stereocenters. The van der Waals surface area contributed by atoms with Crippen LogP contribution in [-0.2, 0) is 6.54 Å². The summed E-state index contributed by atoms with van der Waals surface area (Å²) in [6, 6.07) is 12.4. The molecule has 134 valence electrons. The molecule has 2 heterocycles. The van der Waals surface area contributed by atoms with Crippen LogP contribution in [0.1, 0.15) is 5.69 Å². The summed E-state index contributed by atoms with van der Waals surface area (Å²) in [6.07, 6.45) is 1.63. The van der Waals surface area contributed by atoms with E-state index in [9.17, 15) is 0 Å². The number of guanidine groups is 1. The molecule has 1 aliphatic rings. The van der Waals surface area contributed by atoms with Gasteiger partial charge in [0, 0.05) is 63.0 Å². The lowest BCUT2D eigenvalue weighted by Gasteiger charge is -2.36. The topological polar surface area (TPSA) is 56.9 Å². The SMILES string of the molecule is CN=C(NCCSc1ccccc1)N1CCN(Cc2ccon2)CC1. The van der Waals surface area contributed by atoms with Crippen LogP contribution in [-0.4, -0.2) is 66.4 Å². The van der Waals surface area contributed by atoms with Crippen molar-refractivity contribution in [1.29, 1.82) is 0 Å². The highest BCUT2D eigenvalue weighted by atomic mass is 32.2. The van der Waals surface area contributed by atoms with Crippen LogP contribution in [0.25, 0.3) is 0 Å². The van der Waals surface area contributed by atoms with Crippen molar-refractivity contribution < 1.29 is 4.52 Å². The zero-order chi connectivity index (χ0) is 17.3. The maximum absolute atomic E-state index is 4.90. The van der Waals surface area contributed by atoms with Gasteiger partial charge in [-0.2, -0.15) is 0 Å². The Bertz CT molecular complexity index is 639. The number of aromatic nitrogens is 1. The van der Waals surface area contributed by atoms with Crippen LogP contribution in [0.2, 0.25) is 0 Å². The zero-order valence-corrected chi connectivity index (χ0v) is 15.4. The standard InChI is InChI=1S/C18H25N5OS/c1-19-18(20-8-14-25-17-5-3-2-4-6-17)23-11-9-22(10-12-23)15-16-7-13-24-21-16/h2-7,13H,8-12,14-15H2,1H3,(H,19,20). The van der Waals surface area contributed by atoms with E-state index in [1.165, 1.54) is 4.90 Å². The molecule has 1 fully saturated rings. The molecule has 0 aliphatic carbocycles. The second kappa shape index (κ2) is 9.48. The summed E-state index contributed by atoms with van der Waals surface area (Å²) in [6.45, 7) is 5.72. The summed E-state index contributed by atoms with van der Waals surface area (Å²) in [7, 11) is 1.86. The Kier molecular flexibility index (Phi) is 6.76. The number of piperazine rings is 1. The van der Waals surface area contributed by atoms with Gasteiger partial charge in [-0.05, 0) is 12.1 Å². The summed E-state index contributed by atoms with van der Waals surface area (Å²) in [5.74, 6) is 2.02. The van der Waals surface area contributed by atoms with Crippen LogP contribution < -0.4 is 5.32 Å². The predicted octanol–water partition coefficient (Wildman–Crippen LogP) is 2.16. The van der Waals surface area contributed by atoms with E-state index in [2.05, 4.69) is 49.5 Å². The van der Waals surface area contributed by atoms with Crippen LogP contribution in [0, 0.1) is 0 Å². The molecule has 1 saturated heterocycles. The normalized spacial score (nSPS) is 16.2. The molecule has 1 N–H and O–H groups in total. The maximum atomic E-state index is 4.90. The van der Waals surface area contributed by atoms with Crippen molar-refractivity contribution in [1.82, 2.24) is 20.3 Å². The highest BCUT2D eigenvalue weighted by Gasteiger charge is 2.20. The van der Waals surface area contributed by atoms with Gasteiger partial charge in [0.05, 0.1) is 5.69 Å². The average molecular weight is 359 g/mol. The van der Waals surface area contributed by atoms with E-state index < -0.39 is 0 Å². The molecule has 6 nitrogen and oxygen atoms in total. The Hall–Kier alpha value is -1.99. The molecule has 7 heteroatoms. The number of thioether (sulfide) groups is 1. The fourth-order valence-electron chi connectivity index (χ4n) is 2.85. The van der Waals surface area contributed by atoms with Crippen LogP contribution in [0.4, 0.5) is 0 Å². The molecule has 0 spiro atoms. The first-order valence-electron chi connectivity index (χ1n) is 8.60. The van der Waals surface area contributed by atoms with Gasteiger partial charge in [0.25, 0.3) is 0 Å². The van der Waals surface area contributed by atoms with Crippen molar-refractivity contribution in [3.63, 3.8) is 0 Å². The summed E-state index contributed by atoms with van der Waals surface area (Å²) in [4.78, 5) is 10.5. The highest BCUT2D eigenvalue weighted by Crippen LogP contribution is 2.15. The van der Waals surface area contributed by atoms with Gasteiger partial charge >= 0.3 is 0 Å². The van der Waals surface area contributed by atoms with Crippen molar-refractivity contribution in [2.24, 2.45) is 4.99 Å². The van der Waals surface area contributed by atoms with Crippen molar-refractivity contribution in [3.8, 4) is 0 Å². The summed E-state index contributed by atoms with van der Waals surface area (Å²) < 4.78 is 4.90. The molecule has 1 aromatic heterocycles. The first-order valence-corrected chi connectivity index (χ1v) is 9.59. The van der Waals surface area contributed by atoms with Gasteiger partial charge in [-0.3, -0.25) is 9.89 Å². The van der Waals surface area contributed by atoms with Gasteiger partial charge in [0.15, 0.2) is 5.96 Å². The van der Waals surface area contributed by atoms with Gasteiger partial charge in [0.2, 0.25) is 0 Å². The first kappa shape index (κ1) is 17.8. The smallest absolute Gasteiger partial charge is 0.193 e. The predicted molar refractivity (Wildman–Crippen MR) is 102 cm³/mol. The molecule has 25 heavy (non-hydrogen) atoms. The minimum Gasteiger partial charge on any atom is -0.364 e. The molecule has 3 rings (SSSR count). The van der Waals surface area contributed by atoms with Gasteiger partial charge in [0.1, 0.15) is 6.26 Å². The third-order valence-corrected chi connectivity index (χ3v) is 5.17. The Morgan fingerprint density at radius 1 is 1.20 bits per heavy atom.